The van der Waals surface area contributed by atoms with Crippen molar-refractivity contribution in [1.29, 1.82) is 0 Å². The summed E-state index contributed by atoms with van der Waals surface area (Å²) in [5.41, 5.74) is 1.97. The van der Waals surface area contributed by atoms with Crippen molar-refractivity contribution in [2.45, 2.75) is 72.0 Å². The molecule has 1 heterocycles. The number of guanidine groups is 1. The average molecular weight is 388 g/mol. The summed E-state index contributed by atoms with van der Waals surface area (Å²) in [6.07, 6.45) is 3.71. The molecule has 0 saturated carbocycles. The molecule has 1 aromatic rings. The monoisotopic (exact) mass is 387 g/mol. The fourth-order valence-corrected chi connectivity index (χ4v) is 3.39. The van der Waals surface area contributed by atoms with Gasteiger partial charge < -0.3 is 20.9 Å². The van der Waals surface area contributed by atoms with E-state index in [2.05, 4.69) is 41.6 Å². The van der Waals surface area contributed by atoms with Gasteiger partial charge in [-0.1, -0.05) is 19.1 Å². The first kappa shape index (κ1) is 22.2. The van der Waals surface area contributed by atoms with Crippen LogP contribution in [0.2, 0.25) is 0 Å². The van der Waals surface area contributed by atoms with Gasteiger partial charge in [-0.3, -0.25) is 4.79 Å². The van der Waals surface area contributed by atoms with Gasteiger partial charge in [-0.15, -0.1) is 0 Å². The van der Waals surface area contributed by atoms with Crippen LogP contribution in [-0.4, -0.2) is 48.5 Å². The molecular formula is C22H37N5O. The number of likely N-dealkylation sites (tertiary alicyclic amines) is 1. The minimum Gasteiger partial charge on any atom is -0.357 e. The van der Waals surface area contributed by atoms with E-state index in [1.807, 2.05) is 31.2 Å². The molecule has 1 saturated heterocycles. The van der Waals surface area contributed by atoms with Gasteiger partial charge in [-0.25, -0.2) is 4.99 Å². The first-order valence-electron chi connectivity index (χ1n) is 10.7. The highest BCUT2D eigenvalue weighted by Crippen LogP contribution is 2.13. The van der Waals surface area contributed by atoms with Crippen LogP contribution < -0.4 is 16.0 Å². The molecule has 0 atom stereocenters. The molecule has 3 N–H and O–H groups in total. The molecule has 6 nitrogen and oxygen atoms in total. The number of nitrogens with one attached hydrogen (secondary N) is 3. The van der Waals surface area contributed by atoms with Gasteiger partial charge in [0.2, 0.25) is 5.91 Å². The van der Waals surface area contributed by atoms with E-state index in [0.29, 0.717) is 25.0 Å². The third-order valence-electron chi connectivity index (χ3n) is 5.08. The number of carbonyl (C=O) groups is 1. The molecule has 2 rings (SSSR count). The normalized spacial score (nSPS) is 16.2. The second-order valence-corrected chi connectivity index (χ2v) is 7.74. The summed E-state index contributed by atoms with van der Waals surface area (Å²) >= 11 is 0. The number of carbonyl (C=O) groups excluding carboxylic acids is 1. The molecule has 0 aromatic heterocycles. The van der Waals surface area contributed by atoms with Crippen LogP contribution in [0.3, 0.4) is 0 Å². The molecule has 6 heteroatoms. The quantitative estimate of drug-likeness (QED) is 0.473. The van der Waals surface area contributed by atoms with E-state index in [4.69, 9.17) is 4.99 Å². The first-order chi connectivity index (χ1) is 13.5. The predicted octanol–water partition coefficient (Wildman–Crippen LogP) is 3.35. The maximum absolute atomic E-state index is 11.7. The predicted molar refractivity (Wildman–Crippen MR) is 118 cm³/mol. The molecule has 0 radical (unpaired) electrons. The number of piperidine rings is 1. The maximum atomic E-state index is 11.7. The van der Waals surface area contributed by atoms with Crippen LogP contribution >= 0.6 is 0 Å². The number of aliphatic imine (C=N–C) groups is 1. The summed E-state index contributed by atoms with van der Waals surface area (Å²) in [5, 5.41) is 9.86. The number of nitrogens with zero attached hydrogens (tertiary/aromatic N) is 2. The van der Waals surface area contributed by atoms with Gasteiger partial charge in [0.1, 0.15) is 0 Å². The highest BCUT2D eigenvalue weighted by Gasteiger charge is 2.21. The Labute approximate surface area is 170 Å². The van der Waals surface area contributed by atoms with E-state index in [-0.39, 0.29) is 5.91 Å². The van der Waals surface area contributed by atoms with Gasteiger partial charge in [0.15, 0.2) is 5.96 Å². The molecule has 1 aromatic carbocycles. The maximum Gasteiger partial charge on any atom is 0.224 e. The lowest BCUT2D eigenvalue weighted by atomic mass is 10.0. The Morgan fingerprint density at radius 3 is 2.43 bits per heavy atom. The SMILES string of the molecule is CCCC(=O)Nc1ccc(CN=C(NCC)NC2CCN(C(C)C)CC2)cc1. The number of anilines is 1. The molecule has 0 unspecified atom stereocenters. The number of hydrogen-bond donors (Lipinski definition) is 3. The van der Waals surface area contributed by atoms with Crippen molar-refractivity contribution in [2.75, 3.05) is 25.0 Å². The van der Waals surface area contributed by atoms with Crippen molar-refractivity contribution in [2.24, 2.45) is 4.99 Å². The van der Waals surface area contributed by atoms with Crippen molar-refractivity contribution in [3.8, 4) is 0 Å². The van der Waals surface area contributed by atoms with Crippen LogP contribution in [0.25, 0.3) is 0 Å². The largest absolute Gasteiger partial charge is 0.357 e. The van der Waals surface area contributed by atoms with Crippen LogP contribution in [0.4, 0.5) is 5.69 Å². The van der Waals surface area contributed by atoms with E-state index in [1.165, 1.54) is 0 Å². The topological polar surface area (TPSA) is 68.8 Å². The van der Waals surface area contributed by atoms with E-state index >= 15 is 0 Å². The Kier molecular flexibility index (Phi) is 9.28. The fraction of sp³-hybridized carbons (Fsp3) is 0.636. The Balaban J connectivity index is 1.87. The van der Waals surface area contributed by atoms with Crippen molar-refractivity contribution >= 4 is 17.6 Å². The van der Waals surface area contributed by atoms with Gasteiger partial charge in [0.25, 0.3) is 0 Å². The van der Waals surface area contributed by atoms with Crippen LogP contribution in [0.1, 0.15) is 58.9 Å². The lowest BCUT2D eigenvalue weighted by molar-refractivity contribution is -0.116. The number of benzene rings is 1. The number of rotatable bonds is 8. The van der Waals surface area contributed by atoms with Crippen LogP contribution in [-0.2, 0) is 11.3 Å². The Bertz CT molecular complexity index is 618. The van der Waals surface area contributed by atoms with Gasteiger partial charge >= 0.3 is 0 Å². The highest BCUT2D eigenvalue weighted by molar-refractivity contribution is 5.90. The summed E-state index contributed by atoms with van der Waals surface area (Å²) in [4.78, 5) is 19.0. The number of hydrogen-bond acceptors (Lipinski definition) is 3. The third-order valence-corrected chi connectivity index (χ3v) is 5.08. The molecule has 1 aliphatic heterocycles. The van der Waals surface area contributed by atoms with Gasteiger partial charge in [0.05, 0.1) is 6.54 Å². The lowest BCUT2D eigenvalue weighted by Gasteiger charge is -2.35. The molecule has 0 aliphatic carbocycles. The van der Waals surface area contributed by atoms with Crippen molar-refractivity contribution in [1.82, 2.24) is 15.5 Å². The zero-order chi connectivity index (χ0) is 20.4. The average Bonchev–Trinajstić information content (AvgIpc) is 2.68. The summed E-state index contributed by atoms with van der Waals surface area (Å²) in [5.74, 6) is 0.946. The van der Waals surface area contributed by atoms with Gasteiger partial charge in [0, 0.05) is 43.8 Å². The molecule has 28 heavy (non-hydrogen) atoms. The van der Waals surface area contributed by atoms with Crippen LogP contribution in [0.15, 0.2) is 29.3 Å². The highest BCUT2D eigenvalue weighted by atomic mass is 16.1. The second-order valence-electron chi connectivity index (χ2n) is 7.74. The molecule has 0 spiro atoms. The van der Waals surface area contributed by atoms with Gasteiger partial charge in [-0.05, 0) is 57.7 Å². The fourth-order valence-electron chi connectivity index (χ4n) is 3.39. The molecule has 0 bridgehead atoms. The van der Waals surface area contributed by atoms with E-state index < -0.39 is 0 Å². The summed E-state index contributed by atoms with van der Waals surface area (Å²) < 4.78 is 0. The zero-order valence-electron chi connectivity index (χ0n) is 17.9. The van der Waals surface area contributed by atoms with Crippen LogP contribution in [0.5, 0.6) is 0 Å². The van der Waals surface area contributed by atoms with Crippen LogP contribution in [0, 0.1) is 0 Å². The van der Waals surface area contributed by atoms with Crippen molar-refractivity contribution in [3.05, 3.63) is 29.8 Å². The summed E-state index contributed by atoms with van der Waals surface area (Å²) in [6, 6.07) is 9.04. The summed E-state index contributed by atoms with van der Waals surface area (Å²) in [7, 11) is 0. The first-order valence-corrected chi connectivity index (χ1v) is 10.7. The minimum absolute atomic E-state index is 0.0652. The molecule has 156 valence electrons. The Morgan fingerprint density at radius 2 is 1.86 bits per heavy atom. The Morgan fingerprint density at radius 1 is 1.18 bits per heavy atom. The van der Waals surface area contributed by atoms with E-state index in [0.717, 1.165) is 56.1 Å². The molecule has 1 fully saturated rings. The molecule has 1 aliphatic rings. The zero-order valence-corrected chi connectivity index (χ0v) is 17.9. The second kappa shape index (κ2) is 11.7. The lowest BCUT2D eigenvalue weighted by Crippen LogP contribution is -2.49. The van der Waals surface area contributed by atoms with Crippen molar-refractivity contribution < 1.29 is 4.79 Å². The van der Waals surface area contributed by atoms with Gasteiger partial charge in [-0.2, -0.15) is 0 Å². The molecular weight excluding hydrogens is 350 g/mol. The standard InChI is InChI=1S/C22H37N5O/c1-5-7-21(28)25-19-10-8-18(9-11-19)16-24-22(23-6-2)26-20-12-14-27(15-13-20)17(3)4/h8-11,17,20H,5-7,12-16H2,1-4H3,(H,25,28)(H2,23,24,26). The third kappa shape index (κ3) is 7.50. The van der Waals surface area contributed by atoms with Crippen molar-refractivity contribution in [3.63, 3.8) is 0 Å². The minimum atomic E-state index is 0.0652. The Hall–Kier alpha value is -2.08. The van der Waals surface area contributed by atoms with E-state index in [9.17, 15) is 4.79 Å². The summed E-state index contributed by atoms with van der Waals surface area (Å²) in [6.45, 7) is 12.4. The molecule has 1 amide bonds. The number of amides is 1. The smallest absolute Gasteiger partial charge is 0.224 e. The van der Waals surface area contributed by atoms with E-state index in [1.54, 1.807) is 0 Å².